The first kappa shape index (κ1) is 77.6. The Kier molecular flexibility index (Phi) is 66.2. The molecule has 0 aliphatic heterocycles. The van der Waals surface area contributed by atoms with Crippen LogP contribution in [-0.2, 0) is 28.6 Å². The second kappa shape index (κ2) is 69.1. The minimum atomic E-state index is -0.798. The second-order valence-corrected chi connectivity index (χ2v) is 23.4. The molecule has 0 aromatic rings. The highest BCUT2D eigenvalue weighted by atomic mass is 16.6. The minimum absolute atomic E-state index is 0.0893. The van der Waals surface area contributed by atoms with Crippen LogP contribution in [-0.4, -0.2) is 37.2 Å². The zero-order valence-electron chi connectivity index (χ0n) is 53.8. The van der Waals surface area contributed by atoms with Crippen LogP contribution in [0.1, 0.15) is 355 Å². The summed E-state index contributed by atoms with van der Waals surface area (Å²) in [5.41, 5.74) is 0. The van der Waals surface area contributed by atoms with Crippen LogP contribution < -0.4 is 0 Å². The van der Waals surface area contributed by atoms with E-state index in [-0.39, 0.29) is 31.1 Å². The molecule has 6 heteroatoms. The first-order valence-corrected chi connectivity index (χ1v) is 35.1. The van der Waals surface area contributed by atoms with Crippen LogP contribution in [0.4, 0.5) is 0 Å². The molecule has 1 unspecified atom stereocenters. The molecule has 0 radical (unpaired) electrons. The summed E-state index contributed by atoms with van der Waals surface area (Å²) in [5, 5.41) is 0. The molecule has 0 fully saturated rings. The van der Waals surface area contributed by atoms with Crippen molar-refractivity contribution in [1.29, 1.82) is 0 Å². The molecule has 0 heterocycles. The van der Waals surface area contributed by atoms with Crippen LogP contribution >= 0.6 is 0 Å². The first-order valence-electron chi connectivity index (χ1n) is 35.1. The van der Waals surface area contributed by atoms with E-state index in [1.54, 1.807) is 0 Å². The summed E-state index contributed by atoms with van der Waals surface area (Å²) in [6, 6.07) is 0. The highest BCUT2D eigenvalue weighted by molar-refractivity contribution is 5.71. The maximum Gasteiger partial charge on any atom is 0.306 e. The molecule has 468 valence electrons. The molecule has 0 aromatic carbocycles. The van der Waals surface area contributed by atoms with Crippen molar-refractivity contribution in [3.05, 3.63) is 85.1 Å². The molecule has 0 saturated carbocycles. The third kappa shape index (κ3) is 67.3. The van der Waals surface area contributed by atoms with Gasteiger partial charge in [0.1, 0.15) is 13.2 Å². The van der Waals surface area contributed by atoms with E-state index < -0.39 is 6.10 Å². The largest absolute Gasteiger partial charge is 0.462 e. The zero-order valence-corrected chi connectivity index (χ0v) is 53.8. The fourth-order valence-corrected chi connectivity index (χ4v) is 10.1. The lowest BCUT2D eigenvalue weighted by atomic mass is 10.0. The number of carbonyl (C=O) groups excluding carboxylic acids is 3. The van der Waals surface area contributed by atoms with E-state index in [0.717, 1.165) is 89.9 Å². The highest BCUT2D eigenvalue weighted by Gasteiger charge is 2.19. The molecule has 0 N–H and O–H groups in total. The lowest BCUT2D eigenvalue weighted by Crippen LogP contribution is -2.30. The van der Waals surface area contributed by atoms with Gasteiger partial charge < -0.3 is 14.2 Å². The fraction of sp³-hybridized carbons (Fsp3) is 0.773. The molecule has 0 saturated heterocycles. The molecular formula is C75H132O6. The Morgan fingerprint density at radius 2 is 0.481 bits per heavy atom. The molecular weight excluding hydrogens is 997 g/mol. The molecule has 0 bridgehead atoms. The number of hydrogen-bond acceptors (Lipinski definition) is 6. The Bertz CT molecular complexity index is 1530. The van der Waals surface area contributed by atoms with Crippen LogP contribution in [0.2, 0.25) is 0 Å². The molecule has 1 atom stereocenters. The third-order valence-electron chi connectivity index (χ3n) is 15.4. The van der Waals surface area contributed by atoms with E-state index in [2.05, 4.69) is 106 Å². The third-order valence-corrected chi connectivity index (χ3v) is 15.4. The number of rotatable bonds is 64. The van der Waals surface area contributed by atoms with Gasteiger partial charge in [0.2, 0.25) is 0 Å². The van der Waals surface area contributed by atoms with Gasteiger partial charge in [-0.15, -0.1) is 0 Å². The minimum Gasteiger partial charge on any atom is -0.462 e. The molecule has 0 amide bonds. The SMILES string of the molecule is CC/C=C\C/C=C\C/C=C\C/C=C\CCCCC(=O)OCC(COC(=O)CCCCCCCCCCCCCCCCC/C=C\CCCCCCCCCC)OC(=O)CCCCCCCCCCC/C=C\C/C=C\CCCCCCC. The summed E-state index contributed by atoms with van der Waals surface area (Å²) in [5.74, 6) is -0.920. The van der Waals surface area contributed by atoms with Crippen LogP contribution in [0.15, 0.2) is 85.1 Å². The summed E-state index contributed by atoms with van der Waals surface area (Å²) < 4.78 is 16.9. The number of ether oxygens (including phenoxy) is 3. The van der Waals surface area contributed by atoms with Gasteiger partial charge in [0.05, 0.1) is 0 Å². The van der Waals surface area contributed by atoms with E-state index in [9.17, 15) is 14.4 Å². The van der Waals surface area contributed by atoms with Crippen LogP contribution in [0.25, 0.3) is 0 Å². The molecule has 81 heavy (non-hydrogen) atoms. The Morgan fingerprint density at radius 1 is 0.259 bits per heavy atom. The van der Waals surface area contributed by atoms with Crippen LogP contribution in [0.5, 0.6) is 0 Å². The highest BCUT2D eigenvalue weighted by Crippen LogP contribution is 2.17. The number of esters is 3. The molecule has 0 aromatic heterocycles. The van der Waals surface area contributed by atoms with Gasteiger partial charge in [0.25, 0.3) is 0 Å². The van der Waals surface area contributed by atoms with Crippen molar-refractivity contribution in [2.75, 3.05) is 13.2 Å². The van der Waals surface area contributed by atoms with Gasteiger partial charge in [-0.3, -0.25) is 14.4 Å². The van der Waals surface area contributed by atoms with Gasteiger partial charge in [-0.25, -0.2) is 0 Å². The predicted molar refractivity (Wildman–Crippen MR) is 353 cm³/mol. The molecule has 0 aliphatic rings. The van der Waals surface area contributed by atoms with Crippen LogP contribution in [0, 0.1) is 0 Å². The predicted octanol–water partition coefficient (Wildman–Crippen LogP) is 24.2. The number of hydrogen-bond donors (Lipinski definition) is 0. The van der Waals surface area contributed by atoms with Gasteiger partial charge in [-0.2, -0.15) is 0 Å². The number of carbonyl (C=O) groups is 3. The normalized spacial score (nSPS) is 12.6. The van der Waals surface area contributed by atoms with Gasteiger partial charge >= 0.3 is 17.9 Å². The van der Waals surface area contributed by atoms with Gasteiger partial charge in [0.15, 0.2) is 6.10 Å². The van der Waals surface area contributed by atoms with Gasteiger partial charge in [0, 0.05) is 19.3 Å². The van der Waals surface area contributed by atoms with E-state index in [1.807, 2.05) is 0 Å². The summed E-state index contributed by atoms with van der Waals surface area (Å²) in [6.45, 7) is 6.52. The lowest BCUT2D eigenvalue weighted by molar-refractivity contribution is -0.167. The van der Waals surface area contributed by atoms with Crippen molar-refractivity contribution in [1.82, 2.24) is 0 Å². The van der Waals surface area contributed by atoms with Crippen molar-refractivity contribution in [3.8, 4) is 0 Å². The van der Waals surface area contributed by atoms with Crippen molar-refractivity contribution in [2.24, 2.45) is 0 Å². The van der Waals surface area contributed by atoms with E-state index in [1.165, 1.54) is 225 Å². The quantitative estimate of drug-likeness (QED) is 0.0261. The van der Waals surface area contributed by atoms with Gasteiger partial charge in [-0.1, -0.05) is 305 Å². The maximum absolute atomic E-state index is 12.9. The number of allylic oxidation sites excluding steroid dienone is 14. The van der Waals surface area contributed by atoms with Crippen molar-refractivity contribution in [2.45, 2.75) is 361 Å². The monoisotopic (exact) mass is 1130 g/mol. The lowest BCUT2D eigenvalue weighted by Gasteiger charge is -2.18. The number of unbranched alkanes of at least 4 members (excludes halogenated alkanes) is 39. The Balaban J connectivity index is 4.31. The maximum atomic E-state index is 12.9. The second-order valence-electron chi connectivity index (χ2n) is 23.4. The summed E-state index contributed by atoms with van der Waals surface area (Å²) in [7, 11) is 0. The Labute approximate surface area is 503 Å². The van der Waals surface area contributed by atoms with E-state index in [0.29, 0.717) is 19.3 Å². The van der Waals surface area contributed by atoms with E-state index in [4.69, 9.17) is 14.2 Å². The topological polar surface area (TPSA) is 78.9 Å². The molecule has 0 spiro atoms. The standard InChI is InChI=1S/C75H132O6/c1-4-7-10-13-16-19-22-25-28-30-32-34-35-36-37-38-39-41-42-44-47-50-53-56-59-62-65-68-74(77)80-71-72(70-79-73(76)67-64-61-58-55-52-49-46-27-24-21-18-15-12-9-6-3)81-75(78)69-66-63-60-57-54-51-48-45-43-40-33-31-29-26-23-20-17-14-11-8-5-2/h9,12,18,21,23,26-27,30-33,46,52,55,72H,4-8,10-11,13-17,19-20,22,24-25,28-29,34-45,47-51,53-54,56-71H2,1-3H3/b12-9-,21-18-,26-23-,32-30-,33-31-,46-27-,55-52-. The zero-order chi connectivity index (χ0) is 58.5. The summed E-state index contributed by atoms with van der Waals surface area (Å²) in [6.07, 6.45) is 91.9. The fourth-order valence-electron chi connectivity index (χ4n) is 10.1. The van der Waals surface area contributed by atoms with Crippen molar-refractivity contribution < 1.29 is 28.6 Å². The molecule has 0 aliphatic carbocycles. The van der Waals surface area contributed by atoms with E-state index >= 15 is 0 Å². The van der Waals surface area contributed by atoms with Crippen molar-refractivity contribution in [3.63, 3.8) is 0 Å². The average molecular weight is 1130 g/mol. The molecule has 0 rings (SSSR count). The van der Waals surface area contributed by atoms with Crippen molar-refractivity contribution >= 4 is 17.9 Å². The van der Waals surface area contributed by atoms with Crippen LogP contribution in [0.3, 0.4) is 0 Å². The Hall–Kier alpha value is -3.41. The average Bonchev–Trinajstić information content (AvgIpc) is 3.47. The van der Waals surface area contributed by atoms with Gasteiger partial charge in [-0.05, 0) is 116 Å². The summed E-state index contributed by atoms with van der Waals surface area (Å²) in [4.78, 5) is 38.4. The first-order chi connectivity index (χ1) is 40.0. The molecule has 6 nitrogen and oxygen atoms in total. The Morgan fingerprint density at radius 3 is 0.790 bits per heavy atom. The summed E-state index contributed by atoms with van der Waals surface area (Å²) >= 11 is 0. The smallest absolute Gasteiger partial charge is 0.306 e.